The molecule has 3 aromatic carbocycles. The second-order valence-corrected chi connectivity index (χ2v) is 7.85. The first-order valence-electron chi connectivity index (χ1n) is 9.71. The van der Waals surface area contributed by atoms with Crippen LogP contribution in [0.2, 0.25) is 0 Å². The van der Waals surface area contributed by atoms with E-state index in [0.717, 1.165) is 15.6 Å². The molecular weight excluding hydrogens is 394 g/mol. The van der Waals surface area contributed by atoms with Crippen LogP contribution in [0.1, 0.15) is 39.3 Å². The number of carbonyl (C=O) groups is 2. The SMILES string of the molecule is C[C@@H](CNC(=O)c1ccccc1NC(=O)c1nsc2ccccc12)c1ccccc1. The van der Waals surface area contributed by atoms with E-state index in [0.29, 0.717) is 23.5 Å². The molecule has 0 aliphatic carbocycles. The summed E-state index contributed by atoms with van der Waals surface area (Å²) in [5, 5.41) is 6.63. The maximum absolute atomic E-state index is 12.8. The summed E-state index contributed by atoms with van der Waals surface area (Å²) >= 11 is 1.28. The standard InChI is InChI=1S/C24H21N3O2S/c1-16(17-9-3-2-4-10-17)15-25-23(28)18-11-5-7-13-20(18)26-24(29)22-19-12-6-8-14-21(19)30-27-22/h2-14,16H,15H2,1H3,(H,25,28)(H,26,29)/t16-/m0/s1. The van der Waals surface area contributed by atoms with Crippen molar-refractivity contribution in [3.63, 3.8) is 0 Å². The van der Waals surface area contributed by atoms with Gasteiger partial charge in [-0.3, -0.25) is 9.59 Å². The van der Waals surface area contributed by atoms with E-state index in [2.05, 4.69) is 21.9 Å². The van der Waals surface area contributed by atoms with Crippen LogP contribution in [0.4, 0.5) is 5.69 Å². The Balaban J connectivity index is 1.48. The normalized spacial score (nSPS) is 11.8. The van der Waals surface area contributed by atoms with Crippen molar-refractivity contribution in [2.24, 2.45) is 0 Å². The highest BCUT2D eigenvalue weighted by Crippen LogP contribution is 2.24. The van der Waals surface area contributed by atoms with Crippen LogP contribution in [0.25, 0.3) is 10.1 Å². The van der Waals surface area contributed by atoms with Gasteiger partial charge in [0.05, 0.1) is 16.0 Å². The van der Waals surface area contributed by atoms with Crippen molar-refractivity contribution < 1.29 is 9.59 Å². The van der Waals surface area contributed by atoms with Gasteiger partial charge in [-0.15, -0.1) is 0 Å². The minimum atomic E-state index is -0.328. The van der Waals surface area contributed by atoms with Crippen LogP contribution in [-0.2, 0) is 0 Å². The van der Waals surface area contributed by atoms with Gasteiger partial charge in [-0.05, 0) is 41.2 Å². The number of hydrogen-bond acceptors (Lipinski definition) is 4. The van der Waals surface area contributed by atoms with E-state index in [9.17, 15) is 9.59 Å². The van der Waals surface area contributed by atoms with E-state index >= 15 is 0 Å². The van der Waals surface area contributed by atoms with Crippen LogP contribution in [0.3, 0.4) is 0 Å². The number of carbonyl (C=O) groups excluding carboxylic acids is 2. The summed E-state index contributed by atoms with van der Waals surface area (Å²) in [4.78, 5) is 25.6. The van der Waals surface area contributed by atoms with Crippen molar-refractivity contribution in [2.75, 3.05) is 11.9 Å². The van der Waals surface area contributed by atoms with Gasteiger partial charge in [-0.1, -0.05) is 67.6 Å². The van der Waals surface area contributed by atoms with Crippen LogP contribution >= 0.6 is 11.5 Å². The van der Waals surface area contributed by atoms with Crippen molar-refractivity contribution >= 4 is 39.1 Å². The highest BCUT2D eigenvalue weighted by molar-refractivity contribution is 7.13. The molecule has 1 aromatic heterocycles. The molecule has 0 bridgehead atoms. The molecule has 6 heteroatoms. The number of amides is 2. The second-order valence-electron chi connectivity index (χ2n) is 7.05. The first kappa shape index (κ1) is 19.8. The first-order valence-corrected chi connectivity index (χ1v) is 10.5. The molecule has 0 aliphatic heterocycles. The van der Waals surface area contributed by atoms with Crippen LogP contribution in [0.15, 0.2) is 78.9 Å². The highest BCUT2D eigenvalue weighted by atomic mass is 32.1. The Labute approximate surface area is 178 Å². The number of anilines is 1. The number of hydrogen-bond donors (Lipinski definition) is 2. The molecule has 0 aliphatic rings. The average molecular weight is 416 g/mol. The Morgan fingerprint density at radius 1 is 0.900 bits per heavy atom. The summed E-state index contributed by atoms with van der Waals surface area (Å²) in [6.45, 7) is 2.57. The molecule has 0 fully saturated rings. The lowest BCUT2D eigenvalue weighted by molar-refractivity contribution is 0.0952. The number of fused-ring (bicyclic) bond motifs is 1. The average Bonchev–Trinajstić information content (AvgIpc) is 3.22. The molecule has 0 radical (unpaired) electrons. The van der Waals surface area contributed by atoms with Crippen molar-refractivity contribution in [3.8, 4) is 0 Å². The molecular formula is C24H21N3O2S. The monoisotopic (exact) mass is 415 g/mol. The molecule has 1 heterocycles. The van der Waals surface area contributed by atoms with Gasteiger partial charge >= 0.3 is 0 Å². The molecule has 0 saturated heterocycles. The van der Waals surface area contributed by atoms with Gasteiger partial charge in [0.1, 0.15) is 5.69 Å². The summed E-state index contributed by atoms with van der Waals surface area (Å²) in [7, 11) is 0. The molecule has 0 unspecified atom stereocenters. The van der Waals surface area contributed by atoms with Gasteiger partial charge in [0.2, 0.25) is 0 Å². The summed E-state index contributed by atoms with van der Waals surface area (Å²) in [6, 6.07) is 24.6. The number of aromatic nitrogens is 1. The summed E-state index contributed by atoms with van der Waals surface area (Å²) < 4.78 is 5.24. The quantitative estimate of drug-likeness (QED) is 0.461. The van der Waals surface area contributed by atoms with Gasteiger partial charge in [-0.25, -0.2) is 0 Å². The number of nitrogens with one attached hydrogen (secondary N) is 2. The molecule has 4 rings (SSSR count). The van der Waals surface area contributed by atoms with Gasteiger partial charge in [-0.2, -0.15) is 4.37 Å². The minimum absolute atomic E-state index is 0.179. The van der Waals surface area contributed by atoms with E-state index in [-0.39, 0.29) is 17.7 Å². The van der Waals surface area contributed by atoms with E-state index in [1.807, 2.05) is 54.6 Å². The van der Waals surface area contributed by atoms with Crippen LogP contribution in [0, 0.1) is 0 Å². The van der Waals surface area contributed by atoms with Crippen molar-refractivity contribution in [1.82, 2.24) is 9.69 Å². The minimum Gasteiger partial charge on any atom is -0.351 e. The lowest BCUT2D eigenvalue weighted by Crippen LogP contribution is -2.28. The van der Waals surface area contributed by atoms with E-state index in [4.69, 9.17) is 0 Å². The van der Waals surface area contributed by atoms with E-state index in [1.54, 1.807) is 24.3 Å². The molecule has 1 atom stereocenters. The third-order valence-corrected chi connectivity index (χ3v) is 5.78. The molecule has 2 N–H and O–H groups in total. The molecule has 4 aromatic rings. The Morgan fingerprint density at radius 2 is 1.60 bits per heavy atom. The molecule has 30 heavy (non-hydrogen) atoms. The molecule has 150 valence electrons. The van der Waals surface area contributed by atoms with E-state index < -0.39 is 0 Å². The Morgan fingerprint density at radius 3 is 2.43 bits per heavy atom. The lowest BCUT2D eigenvalue weighted by Gasteiger charge is -2.15. The van der Waals surface area contributed by atoms with Gasteiger partial charge in [0.25, 0.3) is 11.8 Å². The predicted octanol–water partition coefficient (Wildman–Crippen LogP) is 5.08. The third-order valence-electron chi connectivity index (χ3n) is 4.95. The maximum Gasteiger partial charge on any atom is 0.276 e. The van der Waals surface area contributed by atoms with Crippen LogP contribution in [0.5, 0.6) is 0 Å². The van der Waals surface area contributed by atoms with E-state index in [1.165, 1.54) is 11.5 Å². The third kappa shape index (κ3) is 4.23. The molecule has 0 spiro atoms. The smallest absolute Gasteiger partial charge is 0.276 e. The summed E-state index contributed by atoms with van der Waals surface area (Å²) in [5.41, 5.74) is 2.41. The fourth-order valence-corrected chi connectivity index (χ4v) is 4.04. The van der Waals surface area contributed by atoms with Gasteiger partial charge in [0, 0.05) is 11.9 Å². The molecule has 5 nitrogen and oxygen atoms in total. The number of nitrogens with zero attached hydrogens (tertiary/aromatic N) is 1. The molecule has 2 amide bonds. The molecule has 0 saturated carbocycles. The van der Waals surface area contributed by atoms with Crippen LogP contribution < -0.4 is 10.6 Å². The largest absolute Gasteiger partial charge is 0.351 e. The van der Waals surface area contributed by atoms with Crippen molar-refractivity contribution in [3.05, 3.63) is 95.7 Å². The lowest BCUT2D eigenvalue weighted by atomic mass is 10.0. The maximum atomic E-state index is 12.8. The van der Waals surface area contributed by atoms with Gasteiger partial charge in [0.15, 0.2) is 0 Å². The number of rotatable bonds is 6. The summed E-state index contributed by atoms with van der Waals surface area (Å²) in [6.07, 6.45) is 0. The Kier molecular flexibility index (Phi) is 5.86. The number of benzene rings is 3. The fraction of sp³-hybridized carbons (Fsp3) is 0.125. The van der Waals surface area contributed by atoms with Gasteiger partial charge < -0.3 is 10.6 Å². The Bertz CT molecular complexity index is 1190. The Hall–Kier alpha value is -3.51. The highest BCUT2D eigenvalue weighted by Gasteiger charge is 2.18. The van der Waals surface area contributed by atoms with Crippen LogP contribution in [-0.4, -0.2) is 22.7 Å². The zero-order valence-electron chi connectivity index (χ0n) is 16.5. The number of para-hydroxylation sites is 1. The second kappa shape index (κ2) is 8.88. The zero-order valence-corrected chi connectivity index (χ0v) is 17.3. The zero-order chi connectivity index (χ0) is 20.9. The fourth-order valence-electron chi connectivity index (χ4n) is 3.26. The summed E-state index contributed by atoms with van der Waals surface area (Å²) in [5.74, 6) is -0.375. The first-order chi connectivity index (χ1) is 14.6. The predicted molar refractivity (Wildman–Crippen MR) is 121 cm³/mol. The van der Waals surface area contributed by atoms with Crippen molar-refractivity contribution in [2.45, 2.75) is 12.8 Å². The van der Waals surface area contributed by atoms with Crippen molar-refractivity contribution in [1.29, 1.82) is 0 Å². The topological polar surface area (TPSA) is 71.1 Å².